The zero-order chi connectivity index (χ0) is 13.3. The number of methoxy groups -OCH3 is 1. The third-order valence-electron chi connectivity index (χ3n) is 2.27. The molecule has 1 N–H and O–H groups in total. The van der Waals surface area contributed by atoms with Crippen molar-refractivity contribution in [2.45, 2.75) is 6.92 Å². The first kappa shape index (κ1) is 15.9. The van der Waals surface area contributed by atoms with Gasteiger partial charge in [0.15, 0.2) is 0 Å². The standard InChI is InChI=1S/C11H23N3O3/c1-5-12-8-10(15)14(6-7-17-4)9-11(16)13(2)3/h12H,5-9H2,1-4H3. The molecular weight excluding hydrogens is 222 g/mol. The summed E-state index contributed by atoms with van der Waals surface area (Å²) in [5, 5.41) is 2.95. The summed E-state index contributed by atoms with van der Waals surface area (Å²) in [7, 11) is 4.91. The number of amides is 2. The van der Waals surface area contributed by atoms with Crippen molar-refractivity contribution in [3.8, 4) is 0 Å². The number of carbonyl (C=O) groups is 2. The Bertz CT molecular complexity index is 244. The zero-order valence-electron chi connectivity index (χ0n) is 11.2. The van der Waals surface area contributed by atoms with Gasteiger partial charge in [0.2, 0.25) is 11.8 Å². The van der Waals surface area contributed by atoms with E-state index < -0.39 is 0 Å². The van der Waals surface area contributed by atoms with Crippen LogP contribution in [0.15, 0.2) is 0 Å². The Morgan fingerprint density at radius 3 is 2.35 bits per heavy atom. The van der Waals surface area contributed by atoms with E-state index in [4.69, 9.17) is 4.74 Å². The molecule has 0 bridgehead atoms. The fraction of sp³-hybridized carbons (Fsp3) is 0.818. The lowest BCUT2D eigenvalue weighted by Gasteiger charge is -2.23. The molecule has 0 aromatic rings. The molecule has 6 heteroatoms. The molecule has 0 saturated heterocycles. The van der Waals surface area contributed by atoms with Crippen LogP contribution in [0.5, 0.6) is 0 Å². The third-order valence-corrected chi connectivity index (χ3v) is 2.27. The van der Waals surface area contributed by atoms with Crippen LogP contribution in [0.1, 0.15) is 6.92 Å². The summed E-state index contributed by atoms with van der Waals surface area (Å²) in [6.07, 6.45) is 0. The van der Waals surface area contributed by atoms with Crippen molar-refractivity contribution < 1.29 is 14.3 Å². The van der Waals surface area contributed by atoms with Crippen LogP contribution in [0.3, 0.4) is 0 Å². The quantitative estimate of drug-likeness (QED) is 0.605. The van der Waals surface area contributed by atoms with Gasteiger partial charge < -0.3 is 19.9 Å². The number of likely N-dealkylation sites (N-methyl/N-ethyl adjacent to an activating group) is 2. The highest BCUT2D eigenvalue weighted by Crippen LogP contribution is 1.93. The van der Waals surface area contributed by atoms with Crippen LogP contribution in [0.4, 0.5) is 0 Å². The number of nitrogens with zero attached hydrogens (tertiary/aromatic N) is 2. The monoisotopic (exact) mass is 245 g/mol. The van der Waals surface area contributed by atoms with Gasteiger partial charge in [-0.2, -0.15) is 0 Å². The Kier molecular flexibility index (Phi) is 8.35. The molecule has 0 saturated carbocycles. The van der Waals surface area contributed by atoms with Crippen LogP contribution in [0, 0.1) is 0 Å². The number of ether oxygens (including phenoxy) is 1. The van der Waals surface area contributed by atoms with Gasteiger partial charge in [-0.1, -0.05) is 6.92 Å². The van der Waals surface area contributed by atoms with Gasteiger partial charge in [-0.25, -0.2) is 0 Å². The first-order valence-electron chi connectivity index (χ1n) is 5.70. The van der Waals surface area contributed by atoms with Gasteiger partial charge in [0.1, 0.15) is 0 Å². The molecule has 0 aliphatic rings. The lowest BCUT2D eigenvalue weighted by atomic mass is 10.4. The number of hydrogen-bond donors (Lipinski definition) is 1. The summed E-state index contributed by atoms with van der Waals surface area (Å²) in [5.41, 5.74) is 0. The summed E-state index contributed by atoms with van der Waals surface area (Å²) < 4.78 is 4.93. The molecule has 0 heterocycles. The van der Waals surface area contributed by atoms with Gasteiger partial charge in [-0.05, 0) is 6.54 Å². The molecule has 6 nitrogen and oxygen atoms in total. The molecule has 0 unspecified atom stereocenters. The Morgan fingerprint density at radius 2 is 1.88 bits per heavy atom. The van der Waals surface area contributed by atoms with Crippen LogP contribution in [-0.2, 0) is 14.3 Å². The van der Waals surface area contributed by atoms with E-state index in [0.29, 0.717) is 13.2 Å². The normalized spacial score (nSPS) is 10.1. The summed E-state index contributed by atoms with van der Waals surface area (Å²) >= 11 is 0. The molecule has 0 spiro atoms. The first-order chi connectivity index (χ1) is 8.02. The fourth-order valence-corrected chi connectivity index (χ4v) is 1.14. The minimum atomic E-state index is -0.0917. The Balaban J connectivity index is 4.30. The lowest BCUT2D eigenvalue weighted by molar-refractivity contribution is -0.139. The van der Waals surface area contributed by atoms with E-state index in [1.165, 1.54) is 9.80 Å². The predicted octanol–water partition coefficient (Wildman–Crippen LogP) is -0.841. The van der Waals surface area contributed by atoms with Gasteiger partial charge in [-0.3, -0.25) is 9.59 Å². The highest BCUT2D eigenvalue weighted by atomic mass is 16.5. The van der Waals surface area contributed by atoms with Crippen LogP contribution in [0.25, 0.3) is 0 Å². The molecule has 0 aromatic heterocycles. The Hall–Kier alpha value is -1.14. The summed E-state index contributed by atoms with van der Waals surface area (Å²) in [6, 6.07) is 0. The van der Waals surface area contributed by atoms with E-state index in [2.05, 4.69) is 5.32 Å². The third kappa shape index (κ3) is 6.91. The van der Waals surface area contributed by atoms with Crippen molar-refractivity contribution in [1.82, 2.24) is 15.1 Å². The Morgan fingerprint density at radius 1 is 1.24 bits per heavy atom. The van der Waals surface area contributed by atoms with Gasteiger partial charge in [0.25, 0.3) is 0 Å². The molecule has 0 aliphatic heterocycles. The average Bonchev–Trinajstić information content (AvgIpc) is 2.30. The smallest absolute Gasteiger partial charge is 0.241 e. The van der Waals surface area contributed by atoms with E-state index in [1.54, 1.807) is 21.2 Å². The minimum absolute atomic E-state index is 0.0842. The molecule has 0 fully saturated rings. The first-order valence-corrected chi connectivity index (χ1v) is 5.70. The number of rotatable bonds is 8. The maximum Gasteiger partial charge on any atom is 0.241 e. The predicted molar refractivity (Wildman–Crippen MR) is 65.7 cm³/mol. The van der Waals surface area contributed by atoms with Crippen molar-refractivity contribution >= 4 is 11.8 Å². The molecule has 0 atom stereocenters. The molecule has 0 aliphatic carbocycles. The molecule has 0 rings (SSSR count). The van der Waals surface area contributed by atoms with E-state index >= 15 is 0 Å². The summed E-state index contributed by atoms with van der Waals surface area (Å²) in [5.74, 6) is -0.176. The second kappa shape index (κ2) is 8.95. The van der Waals surface area contributed by atoms with Crippen LogP contribution in [0.2, 0.25) is 0 Å². The fourth-order valence-electron chi connectivity index (χ4n) is 1.14. The summed E-state index contributed by atoms with van der Waals surface area (Å²) in [6.45, 7) is 3.86. The van der Waals surface area contributed by atoms with Crippen molar-refractivity contribution in [3.05, 3.63) is 0 Å². The highest BCUT2D eigenvalue weighted by molar-refractivity contribution is 5.85. The van der Waals surface area contributed by atoms with E-state index in [1.807, 2.05) is 6.92 Å². The second-order valence-electron chi connectivity index (χ2n) is 3.88. The van der Waals surface area contributed by atoms with E-state index in [-0.39, 0.29) is 24.9 Å². The number of carbonyl (C=O) groups excluding carboxylic acids is 2. The molecule has 100 valence electrons. The number of hydrogen-bond acceptors (Lipinski definition) is 4. The van der Waals surface area contributed by atoms with Gasteiger partial charge in [-0.15, -0.1) is 0 Å². The second-order valence-corrected chi connectivity index (χ2v) is 3.88. The van der Waals surface area contributed by atoms with Crippen LogP contribution < -0.4 is 5.32 Å². The van der Waals surface area contributed by atoms with E-state index in [0.717, 1.165) is 6.54 Å². The maximum absolute atomic E-state index is 11.8. The van der Waals surface area contributed by atoms with Gasteiger partial charge >= 0.3 is 0 Å². The minimum Gasteiger partial charge on any atom is -0.383 e. The van der Waals surface area contributed by atoms with Crippen molar-refractivity contribution in [1.29, 1.82) is 0 Å². The number of nitrogens with one attached hydrogen (secondary N) is 1. The maximum atomic E-state index is 11.8. The topological polar surface area (TPSA) is 61.9 Å². The molecule has 0 aromatic carbocycles. The molecule has 17 heavy (non-hydrogen) atoms. The van der Waals surface area contributed by atoms with Crippen molar-refractivity contribution in [2.75, 3.05) is 54.0 Å². The van der Waals surface area contributed by atoms with Gasteiger partial charge in [0.05, 0.1) is 19.7 Å². The molecule has 0 radical (unpaired) electrons. The largest absolute Gasteiger partial charge is 0.383 e. The molecule has 2 amide bonds. The van der Waals surface area contributed by atoms with Gasteiger partial charge in [0, 0.05) is 27.7 Å². The van der Waals surface area contributed by atoms with E-state index in [9.17, 15) is 9.59 Å². The zero-order valence-corrected chi connectivity index (χ0v) is 11.2. The molecular formula is C11H23N3O3. The summed E-state index contributed by atoms with van der Waals surface area (Å²) in [4.78, 5) is 26.3. The lowest BCUT2D eigenvalue weighted by Crippen LogP contribution is -2.45. The van der Waals surface area contributed by atoms with Crippen molar-refractivity contribution in [3.63, 3.8) is 0 Å². The SMILES string of the molecule is CCNCC(=O)N(CCOC)CC(=O)N(C)C. The average molecular weight is 245 g/mol. The van der Waals surface area contributed by atoms with Crippen LogP contribution >= 0.6 is 0 Å². The Labute approximate surface area is 103 Å². The highest BCUT2D eigenvalue weighted by Gasteiger charge is 2.17. The van der Waals surface area contributed by atoms with Crippen molar-refractivity contribution in [2.24, 2.45) is 0 Å². The van der Waals surface area contributed by atoms with Crippen LogP contribution in [-0.4, -0.2) is 75.6 Å².